The van der Waals surface area contributed by atoms with E-state index in [2.05, 4.69) is 4.98 Å². The number of hydrogen-bond acceptors (Lipinski definition) is 5. The maximum absolute atomic E-state index is 12.3. The molecule has 1 saturated heterocycles. The maximum atomic E-state index is 12.3. The van der Waals surface area contributed by atoms with Crippen molar-refractivity contribution in [3.05, 3.63) is 47.8 Å². The van der Waals surface area contributed by atoms with Crippen LogP contribution in [0.1, 0.15) is 37.4 Å². The van der Waals surface area contributed by atoms with E-state index in [4.69, 9.17) is 15.5 Å². The summed E-state index contributed by atoms with van der Waals surface area (Å²) in [7, 11) is 0. The van der Waals surface area contributed by atoms with Crippen LogP contribution in [-0.4, -0.2) is 46.5 Å². The number of nitrogens with two attached hydrogens (primary N) is 1. The van der Waals surface area contributed by atoms with Crippen molar-refractivity contribution < 1.29 is 9.53 Å². The Morgan fingerprint density at radius 1 is 1.30 bits per heavy atom. The van der Waals surface area contributed by atoms with Gasteiger partial charge in [-0.15, -0.1) is 0 Å². The Kier molecular flexibility index (Phi) is 4.93. The molecule has 0 saturated carbocycles. The van der Waals surface area contributed by atoms with Gasteiger partial charge in [-0.05, 0) is 31.7 Å². The predicted molar refractivity (Wildman–Crippen MR) is 103 cm³/mol. The molecule has 1 fully saturated rings. The molecule has 6 heteroatoms. The molecule has 3 heterocycles. The number of amides is 1. The van der Waals surface area contributed by atoms with Crippen LogP contribution >= 0.6 is 0 Å². The number of hydrogen-bond donors (Lipinski definition) is 1. The molecule has 4 rings (SSSR count). The standard InChI is InChI=1S/C21H26N4O2/c1-15(22)13-18(26)25-10-8-21(9-11-25)19-17(7-12-27-21)14-23-20(24-19)16-5-3-2-4-6-16/h2-6,14-15H,7-13,22H2,1H3/t15-/m0/s1. The lowest BCUT2D eigenvalue weighted by Crippen LogP contribution is -2.49. The van der Waals surface area contributed by atoms with E-state index in [0.717, 1.165) is 41.9 Å². The van der Waals surface area contributed by atoms with Gasteiger partial charge in [0.05, 0.1) is 12.3 Å². The number of rotatable bonds is 3. The summed E-state index contributed by atoms with van der Waals surface area (Å²) in [5.41, 5.74) is 8.54. The molecule has 1 amide bonds. The zero-order valence-corrected chi connectivity index (χ0v) is 15.7. The summed E-state index contributed by atoms with van der Waals surface area (Å²) in [6, 6.07) is 9.91. The Bertz CT molecular complexity index is 814. The van der Waals surface area contributed by atoms with Crippen LogP contribution in [0.25, 0.3) is 11.4 Å². The Morgan fingerprint density at radius 2 is 2.04 bits per heavy atom. The van der Waals surface area contributed by atoms with Crippen molar-refractivity contribution in [3.63, 3.8) is 0 Å². The van der Waals surface area contributed by atoms with Crippen molar-refractivity contribution in [2.24, 2.45) is 5.73 Å². The van der Waals surface area contributed by atoms with E-state index < -0.39 is 5.60 Å². The molecule has 2 aromatic rings. The molecule has 0 aliphatic carbocycles. The van der Waals surface area contributed by atoms with Crippen LogP contribution in [0.2, 0.25) is 0 Å². The van der Waals surface area contributed by atoms with Gasteiger partial charge in [0.2, 0.25) is 5.91 Å². The van der Waals surface area contributed by atoms with Gasteiger partial charge in [-0.3, -0.25) is 4.79 Å². The Morgan fingerprint density at radius 3 is 2.74 bits per heavy atom. The number of benzene rings is 1. The molecule has 0 radical (unpaired) electrons. The van der Waals surface area contributed by atoms with Crippen molar-refractivity contribution in [3.8, 4) is 11.4 Å². The third-order valence-electron chi connectivity index (χ3n) is 5.50. The van der Waals surface area contributed by atoms with Crippen LogP contribution in [0, 0.1) is 0 Å². The van der Waals surface area contributed by atoms with Gasteiger partial charge >= 0.3 is 0 Å². The summed E-state index contributed by atoms with van der Waals surface area (Å²) in [5.74, 6) is 0.859. The fourth-order valence-corrected chi connectivity index (χ4v) is 4.04. The zero-order valence-electron chi connectivity index (χ0n) is 15.7. The SMILES string of the molecule is C[C@H](N)CC(=O)N1CCC2(CC1)OCCc1cnc(-c3ccccc3)nc12. The zero-order chi connectivity index (χ0) is 18.9. The number of aromatic nitrogens is 2. The van der Waals surface area contributed by atoms with Gasteiger partial charge in [0.1, 0.15) is 5.60 Å². The molecule has 0 unspecified atom stereocenters. The molecule has 1 aromatic carbocycles. The van der Waals surface area contributed by atoms with E-state index in [0.29, 0.717) is 26.1 Å². The second-order valence-electron chi connectivity index (χ2n) is 7.59. The highest BCUT2D eigenvalue weighted by atomic mass is 16.5. The van der Waals surface area contributed by atoms with Gasteiger partial charge in [0, 0.05) is 37.3 Å². The number of carbonyl (C=O) groups is 1. The van der Waals surface area contributed by atoms with E-state index in [1.165, 1.54) is 0 Å². The van der Waals surface area contributed by atoms with Gasteiger partial charge in [0.25, 0.3) is 0 Å². The summed E-state index contributed by atoms with van der Waals surface area (Å²) in [6.45, 7) is 3.89. The first-order valence-electron chi connectivity index (χ1n) is 9.66. The summed E-state index contributed by atoms with van der Waals surface area (Å²) in [5, 5.41) is 0. The van der Waals surface area contributed by atoms with Gasteiger partial charge in [-0.25, -0.2) is 9.97 Å². The second kappa shape index (κ2) is 7.37. The minimum Gasteiger partial charge on any atom is -0.368 e. The van der Waals surface area contributed by atoms with Crippen molar-refractivity contribution in [2.45, 2.75) is 44.2 Å². The summed E-state index contributed by atoms with van der Waals surface area (Å²) < 4.78 is 6.28. The smallest absolute Gasteiger partial charge is 0.224 e. The molecule has 0 bridgehead atoms. The minimum atomic E-state index is -0.412. The van der Waals surface area contributed by atoms with E-state index in [1.807, 2.05) is 48.4 Å². The van der Waals surface area contributed by atoms with E-state index in [-0.39, 0.29) is 11.9 Å². The minimum absolute atomic E-state index is 0.110. The molecule has 2 aliphatic heterocycles. The third-order valence-corrected chi connectivity index (χ3v) is 5.50. The topological polar surface area (TPSA) is 81.3 Å². The molecule has 6 nitrogen and oxygen atoms in total. The number of fused-ring (bicyclic) bond motifs is 2. The van der Waals surface area contributed by atoms with Crippen molar-refractivity contribution in [2.75, 3.05) is 19.7 Å². The highest BCUT2D eigenvalue weighted by Gasteiger charge is 2.43. The maximum Gasteiger partial charge on any atom is 0.224 e. The molecular formula is C21H26N4O2. The third kappa shape index (κ3) is 3.59. The van der Waals surface area contributed by atoms with E-state index in [9.17, 15) is 4.79 Å². The number of piperidine rings is 1. The molecule has 1 spiro atoms. The van der Waals surface area contributed by atoms with Gasteiger partial charge in [0.15, 0.2) is 5.82 Å². The summed E-state index contributed by atoms with van der Waals surface area (Å²) in [4.78, 5) is 23.7. The highest BCUT2D eigenvalue weighted by molar-refractivity contribution is 5.76. The lowest BCUT2D eigenvalue weighted by Gasteiger charge is -2.44. The van der Waals surface area contributed by atoms with Crippen LogP contribution < -0.4 is 5.73 Å². The first kappa shape index (κ1) is 18.1. The number of nitrogens with zero attached hydrogens (tertiary/aromatic N) is 3. The average molecular weight is 366 g/mol. The quantitative estimate of drug-likeness (QED) is 0.901. The van der Waals surface area contributed by atoms with Crippen LogP contribution in [0.4, 0.5) is 0 Å². The Balaban J connectivity index is 1.59. The van der Waals surface area contributed by atoms with Gasteiger partial charge in [-0.2, -0.15) is 0 Å². The van der Waals surface area contributed by atoms with Crippen molar-refractivity contribution in [1.82, 2.24) is 14.9 Å². The van der Waals surface area contributed by atoms with E-state index in [1.54, 1.807) is 0 Å². The van der Waals surface area contributed by atoms with Crippen LogP contribution in [0.15, 0.2) is 36.5 Å². The Labute approximate surface area is 159 Å². The van der Waals surface area contributed by atoms with Crippen molar-refractivity contribution in [1.29, 1.82) is 0 Å². The van der Waals surface area contributed by atoms with Crippen LogP contribution in [0.5, 0.6) is 0 Å². The van der Waals surface area contributed by atoms with Crippen LogP contribution in [0.3, 0.4) is 0 Å². The molecule has 1 atom stereocenters. The molecule has 2 aliphatic rings. The fourth-order valence-electron chi connectivity index (χ4n) is 4.04. The highest BCUT2D eigenvalue weighted by Crippen LogP contribution is 2.41. The number of carbonyl (C=O) groups excluding carboxylic acids is 1. The normalized spacial score (nSPS) is 19.6. The summed E-state index contributed by atoms with van der Waals surface area (Å²) >= 11 is 0. The second-order valence-corrected chi connectivity index (χ2v) is 7.59. The monoisotopic (exact) mass is 366 g/mol. The number of ether oxygens (including phenoxy) is 1. The lowest BCUT2D eigenvalue weighted by atomic mass is 9.83. The molecule has 1 aromatic heterocycles. The lowest BCUT2D eigenvalue weighted by molar-refractivity contribution is -0.141. The van der Waals surface area contributed by atoms with Gasteiger partial charge < -0.3 is 15.4 Å². The van der Waals surface area contributed by atoms with E-state index >= 15 is 0 Å². The largest absolute Gasteiger partial charge is 0.368 e. The Hall–Kier alpha value is -2.31. The van der Waals surface area contributed by atoms with Crippen LogP contribution in [-0.2, 0) is 21.6 Å². The average Bonchev–Trinajstić information content (AvgIpc) is 2.69. The molecular weight excluding hydrogens is 340 g/mol. The first-order valence-corrected chi connectivity index (χ1v) is 9.66. The first-order chi connectivity index (χ1) is 13.1. The predicted octanol–water partition coefficient (Wildman–Crippen LogP) is 2.27. The summed E-state index contributed by atoms with van der Waals surface area (Å²) in [6.07, 6.45) is 4.69. The number of likely N-dealkylation sites (tertiary alicyclic amines) is 1. The fraction of sp³-hybridized carbons (Fsp3) is 0.476. The van der Waals surface area contributed by atoms with Crippen molar-refractivity contribution >= 4 is 5.91 Å². The molecule has 27 heavy (non-hydrogen) atoms. The van der Waals surface area contributed by atoms with Gasteiger partial charge in [-0.1, -0.05) is 30.3 Å². The molecule has 142 valence electrons. The molecule has 2 N–H and O–H groups in total.